The van der Waals surface area contributed by atoms with Crippen molar-refractivity contribution in [2.45, 2.75) is 185 Å². The normalized spacial score (nSPS) is 12.3. The van der Waals surface area contributed by atoms with E-state index in [4.69, 9.17) is 37.8 Å². The number of nitrogens with one attached hydrogen (secondary N) is 1. The minimum absolute atomic E-state index is 0. The average molecular weight is 953 g/mol. The van der Waals surface area contributed by atoms with Gasteiger partial charge in [-0.25, -0.2) is 4.79 Å². The van der Waals surface area contributed by atoms with Gasteiger partial charge in [0.25, 0.3) is 10.1 Å². The predicted molar refractivity (Wildman–Crippen MR) is 249 cm³/mol. The van der Waals surface area contributed by atoms with Crippen LogP contribution in [-0.2, 0) is 61.9 Å². The number of hydrogen-bond acceptors (Lipinski definition) is 15. The second kappa shape index (κ2) is 33.4. The standard InChI is InChI=1S/C13H23NO5.C11H20O2.C7H8O3S.C7H14O2.C6H12NO3P.CH4/c1-12(2,3)18-10(16)7-9(8-15)14-11(17)19-13(4,5)6;1-6-7-9(2)8-10(12)13-11(3,4)5;1-6-2-4-7(5-3-6)11(8,9)10;1-5-6(8)9-7(2,3)4;1-3-9-11(8,6-5-7)10-4-2;/h8-9H,7H2,1-6H3,(H,14,17);6-7,9H,8H2,1-5H3;2-5H,1H3,(H,8,9,10);5H2,1-4H3;3-4,6H2,1-2H3;1H4/b;7-6+;;;;/t2*9-;;;;/m01..../s1. The van der Waals surface area contributed by atoms with Gasteiger partial charge in [-0.1, -0.05) is 51.1 Å². The zero-order valence-electron chi connectivity index (χ0n) is 40.9. The van der Waals surface area contributed by atoms with Crippen molar-refractivity contribution >= 4 is 48.0 Å². The topological polar surface area (TPSA) is 248 Å². The Kier molecular flexibility index (Phi) is 35.9. The summed E-state index contributed by atoms with van der Waals surface area (Å²) in [6, 6.07) is 6.80. The number of nitrogens with zero attached hydrogens (tertiary/aromatic N) is 1. The monoisotopic (exact) mass is 953 g/mol. The Labute approximate surface area is 385 Å². The molecule has 19 heteroatoms. The van der Waals surface area contributed by atoms with Crippen molar-refractivity contribution in [1.82, 2.24) is 5.32 Å². The molecule has 0 heterocycles. The Morgan fingerprint density at radius 2 is 1.16 bits per heavy atom. The highest BCUT2D eigenvalue weighted by molar-refractivity contribution is 7.85. The number of benzene rings is 1. The summed E-state index contributed by atoms with van der Waals surface area (Å²) >= 11 is 0. The second-order valence-electron chi connectivity index (χ2n) is 17.5. The SMILES string of the molecule is C.C/C=C/[C@@H](C)CC(=O)OC(C)(C)C.CC(C)(C)OC(=O)C[C@@H](C=O)NC(=O)OC(C)(C)C.CCC(=O)OC(C)(C)C.CCOP(=O)(CC#N)OCC.Cc1ccc(S(=O)(=O)O)cc1. The van der Waals surface area contributed by atoms with Crippen molar-refractivity contribution in [3.8, 4) is 6.07 Å². The third-order valence-electron chi connectivity index (χ3n) is 6.05. The van der Waals surface area contributed by atoms with E-state index in [1.54, 1.807) is 80.5 Å². The molecule has 0 aliphatic carbocycles. The maximum Gasteiger partial charge on any atom is 0.408 e. The Hall–Kier alpha value is -4.14. The van der Waals surface area contributed by atoms with Crippen LogP contribution in [0, 0.1) is 24.2 Å². The lowest BCUT2D eigenvalue weighted by atomic mass is 10.1. The number of amides is 1. The fourth-order valence-corrected chi connectivity index (χ4v) is 5.63. The molecule has 0 saturated carbocycles. The molecule has 0 saturated heterocycles. The molecule has 17 nitrogen and oxygen atoms in total. The summed E-state index contributed by atoms with van der Waals surface area (Å²) in [5, 5.41) is 10.6. The van der Waals surface area contributed by atoms with Gasteiger partial charge in [0.05, 0.1) is 43.1 Å². The quantitative estimate of drug-likeness (QED) is 0.0439. The van der Waals surface area contributed by atoms with Crippen molar-refractivity contribution in [3.05, 3.63) is 42.0 Å². The summed E-state index contributed by atoms with van der Waals surface area (Å²) in [5.74, 6) is -0.555. The highest BCUT2D eigenvalue weighted by Crippen LogP contribution is 2.47. The molecular formula is C45H81N2O15PS. The number of allylic oxidation sites excluding steroid dienone is 2. The van der Waals surface area contributed by atoms with Gasteiger partial charge in [-0.3, -0.25) is 23.5 Å². The van der Waals surface area contributed by atoms with Crippen LogP contribution >= 0.6 is 7.60 Å². The highest BCUT2D eigenvalue weighted by Gasteiger charge is 2.24. The van der Waals surface area contributed by atoms with Crippen LogP contribution in [0.1, 0.15) is 150 Å². The molecule has 1 rings (SSSR count). The second-order valence-corrected chi connectivity index (χ2v) is 20.9. The van der Waals surface area contributed by atoms with Crippen LogP contribution in [-0.4, -0.2) is 91.1 Å². The number of rotatable bonds is 14. The number of alkyl carbamates (subject to hydrolysis) is 1. The molecule has 0 spiro atoms. The molecule has 2 atom stereocenters. The smallest absolute Gasteiger partial charge is 0.408 e. The van der Waals surface area contributed by atoms with Gasteiger partial charge in [-0.05, 0) is 129 Å². The van der Waals surface area contributed by atoms with E-state index in [1.807, 2.05) is 74.5 Å². The molecule has 1 aromatic carbocycles. The predicted octanol–water partition coefficient (Wildman–Crippen LogP) is 10.1. The number of aryl methyl sites for hydroxylation is 1. The van der Waals surface area contributed by atoms with Crippen LogP contribution in [0.15, 0.2) is 41.3 Å². The van der Waals surface area contributed by atoms with Crippen molar-refractivity contribution in [2.75, 3.05) is 19.4 Å². The lowest BCUT2D eigenvalue weighted by molar-refractivity contribution is -0.156. The highest BCUT2D eigenvalue weighted by atomic mass is 32.2. The van der Waals surface area contributed by atoms with E-state index in [0.717, 1.165) is 5.56 Å². The first-order chi connectivity index (χ1) is 28.4. The first kappa shape index (κ1) is 68.9. The summed E-state index contributed by atoms with van der Waals surface area (Å²) in [6.45, 7) is 33.1. The molecule has 0 aliphatic rings. The molecule has 0 bridgehead atoms. The molecule has 0 aliphatic heterocycles. The van der Waals surface area contributed by atoms with Crippen LogP contribution < -0.4 is 5.32 Å². The van der Waals surface area contributed by atoms with Crippen molar-refractivity contribution in [3.63, 3.8) is 0 Å². The van der Waals surface area contributed by atoms with Gasteiger partial charge >= 0.3 is 31.6 Å². The number of carbonyl (C=O) groups is 5. The fourth-order valence-electron chi connectivity index (χ4n) is 3.93. The third kappa shape index (κ3) is 47.3. The third-order valence-corrected chi connectivity index (χ3v) is 8.75. The molecule has 0 radical (unpaired) electrons. The average Bonchev–Trinajstić information content (AvgIpc) is 3.06. The lowest BCUT2D eigenvalue weighted by Gasteiger charge is -2.23. The Bertz CT molecular complexity index is 1690. The summed E-state index contributed by atoms with van der Waals surface area (Å²) < 4.78 is 70.7. The van der Waals surface area contributed by atoms with Crippen LogP contribution in [0.2, 0.25) is 0 Å². The van der Waals surface area contributed by atoms with Gasteiger partial charge in [-0.2, -0.15) is 13.7 Å². The molecule has 2 N–H and O–H groups in total. The van der Waals surface area contributed by atoms with E-state index in [1.165, 1.54) is 12.1 Å². The largest absolute Gasteiger partial charge is 0.460 e. The van der Waals surface area contributed by atoms with Crippen molar-refractivity contribution in [2.24, 2.45) is 5.92 Å². The van der Waals surface area contributed by atoms with Crippen LogP contribution in [0.25, 0.3) is 0 Å². The number of nitriles is 1. The van der Waals surface area contributed by atoms with E-state index in [0.29, 0.717) is 32.3 Å². The van der Waals surface area contributed by atoms with Gasteiger partial charge in [0.15, 0.2) is 0 Å². The lowest BCUT2D eigenvalue weighted by Crippen LogP contribution is -2.41. The van der Waals surface area contributed by atoms with Crippen molar-refractivity contribution in [1.29, 1.82) is 5.26 Å². The Balaban J connectivity index is -0.000000231. The van der Waals surface area contributed by atoms with E-state index in [-0.39, 0.29) is 54.0 Å². The maximum atomic E-state index is 11.5. The first-order valence-electron chi connectivity index (χ1n) is 20.4. The van der Waals surface area contributed by atoms with Gasteiger partial charge < -0.3 is 38.1 Å². The number of ether oxygens (including phenoxy) is 4. The van der Waals surface area contributed by atoms with E-state index >= 15 is 0 Å². The number of hydrogen-bond donors (Lipinski definition) is 2. The Morgan fingerprint density at radius 3 is 1.45 bits per heavy atom. The molecule has 1 aromatic rings. The first-order valence-corrected chi connectivity index (χ1v) is 23.6. The fraction of sp³-hybridized carbons (Fsp3) is 0.689. The molecule has 0 aromatic heterocycles. The van der Waals surface area contributed by atoms with Crippen LogP contribution in [0.3, 0.4) is 0 Å². The zero-order chi connectivity index (χ0) is 50.5. The van der Waals surface area contributed by atoms with E-state index in [2.05, 4.69) is 5.32 Å². The molecule has 1 amide bonds. The van der Waals surface area contributed by atoms with Gasteiger partial charge in [0, 0.05) is 6.42 Å². The van der Waals surface area contributed by atoms with Gasteiger partial charge in [0.2, 0.25) is 0 Å². The minimum atomic E-state index is -4.02. The summed E-state index contributed by atoms with van der Waals surface area (Å²) in [4.78, 5) is 55.6. The number of carbonyl (C=O) groups excluding carboxylic acids is 5. The molecular weight excluding hydrogens is 872 g/mol. The van der Waals surface area contributed by atoms with Crippen molar-refractivity contribution < 1.29 is 69.5 Å². The summed E-state index contributed by atoms with van der Waals surface area (Å²) in [7, 11) is -7.10. The zero-order valence-corrected chi connectivity index (χ0v) is 42.6. The number of esters is 3. The summed E-state index contributed by atoms with van der Waals surface area (Å²) in [6.07, 6.45) is 4.22. The van der Waals surface area contributed by atoms with Gasteiger partial charge in [-0.15, -0.1) is 0 Å². The van der Waals surface area contributed by atoms with Gasteiger partial charge in [0.1, 0.15) is 34.9 Å². The molecule has 64 heavy (non-hydrogen) atoms. The molecule has 0 fully saturated rings. The number of aldehydes is 1. The van der Waals surface area contributed by atoms with Crippen LogP contribution in [0.4, 0.5) is 4.79 Å². The Morgan fingerprint density at radius 1 is 0.766 bits per heavy atom. The minimum Gasteiger partial charge on any atom is -0.460 e. The molecule has 372 valence electrons. The van der Waals surface area contributed by atoms with E-state index in [9.17, 15) is 37.0 Å². The van der Waals surface area contributed by atoms with E-state index < -0.39 is 47.0 Å². The summed E-state index contributed by atoms with van der Waals surface area (Å²) in [5.41, 5.74) is -1.03. The maximum absolute atomic E-state index is 11.5. The molecule has 0 unspecified atom stereocenters. The van der Waals surface area contributed by atoms with Crippen LogP contribution in [0.5, 0.6) is 0 Å².